The molecule has 1 unspecified atom stereocenters. The lowest BCUT2D eigenvalue weighted by molar-refractivity contribution is 0.187. The highest BCUT2D eigenvalue weighted by Gasteiger charge is 2.19. The zero-order valence-corrected chi connectivity index (χ0v) is 13.9. The molecule has 1 atom stereocenters. The third-order valence-electron chi connectivity index (χ3n) is 4.86. The van der Waals surface area contributed by atoms with Crippen molar-refractivity contribution in [1.82, 2.24) is 10.2 Å². The Balaban J connectivity index is 1.82. The Morgan fingerprint density at radius 1 is 1.14 bits per heavy atom. The maximum atomic E-state index is 3.85. The number of hydrogen-bond acceptors (Lipinski definition) is 2. The van der Waals surface area contributed by atoms with Crippen LogP contribution < -0.4 is 5.32 Å². The smallest absolute Gasteiger partial charge is 0.0320 e. The van der Waals surface area contributed by atoms with Crippen molar-refractivity contribution in [3.63, 3.8) is 0 Å². The highest BCUT2D eigenvalue weighted by Crippen LogP contribution is 2.22. The summed E-state index contributed by atoms with van der Waals surface area (Å²) >= 11 is 0. The molecule has 21 heavy (non-hydrogen) atoms. The van der Waals surface area contributed by atoms with E-state index in [1.54, 1.807) is 0 Å². The minimum Gasteiger partial charge on any atom is -0.310 e. The summed E-state index contributed by atoms with van der Waals surface area (Å²) in [5.41, 5.74) is 1.46. The predicted octanol–water partition coefficient (Wildman–Crippen LogP) is 4.24. The lowest BCUT2D eigenvalue weighted by atomic mass is 9.95. The first kappa shape index (κ1) is 16.5. The van der Waals surface area contributed by atoms with Gasteiger partial charge in [0, 0.05) is 6.04 Å². The second-order valence-corrected chi connectivity index (χ2v) is 6.39. The molecule has 1 heterocycles. The van der Waals surface area contributed by atoms with Crippen LogP contribution in [0.1, 0.15) is 57.6 Å². The minimum atomic E-state index is 0.537. The lowest BCUT2D eigenvalue weighted by Crippen LogP contribution is -2.37. The summed E-state index contributed by atoms with van der Waals surface area (Å²) in [6, 6.07) is 11.5. The largest absolute Gasteiger partial charge is 0.310 e. The van der Waals surface area contributed by atoms with E-state index in [1.807, 2.05) is 0 Å². The maximum absolute atomic E-state index is 3.85. The number of nitrogens with one attached hydrogen (secondary N) is 1. The fourth-order valence-corrected chi connectivity index (χ4v) is 3.30. The molecule has 0 saturated carbocycles. The van der Waals surface area contributed by atoms with Gasteiger partial charge in [0.05, 0.1) is 0 Å². The van der Waals surface area contributed by atoms with Gasteiger partial charge in [-0.15, -0.1) is 0 Å². The van der Waals surface area contributed by atoms with E-state index < -0.39 is 0 Å². The third kappa shape index (κ3) is 5.44. The molecule has 0 aliphatic carbocycles. The van der Waals surface area contributed by atoms with Gasteiger partial charge in [-0.2, -0.15) is 0 Å². The van der Waals surface area contributed by atoms with E-state index in [9.17, 15) is 0 Å². The highest BCUT2D eigenvalue weighted by molar-refractivity contribution is 5.18. The monoisotopic (exact) mass is 288 g/mol. The van der Waals surface area contributed by atoms with Crippen LogP contribution in [0.15, 0.2) is 30.3 Å². The predicted molar refractivity (Wildman–Crippen MR) is 91.5 cm³/mol. The topological polar surface area (TPSA) is 15.3 Å². The average Bonchev–Trinajstić information content (AvgIpc) is 2.56. The van der Waals surface area contributed by atoms with E-state index >= 15 is 0 Å². The van der Waals surface area contributed by atoms with E-state index in [1.165, 1.54) is 63.8 Å². The summed E-state index contributed by atoms with van der Waals surface area (Å²) in [7, 11) is 0. The highest BCUT2D eigenvalue weighted by atomic mass is 15.1. The second-order valence-electron chi connectivity index (χ2n) is 6.39. The van der Waals surface area contributed by atoms with Gasteiger partial charge < -0.3 is 10.2 Å². The molecule has 2 nitrogen and oxygen atoms in total. The van der Waals surface area contributed by atoms with Crippen LogP contribution in [0.5, 0.6) is 0 Å². The Morgan fingerprint density at radius 3 is 2.48 bits per heavy atom. The third-order valence-corrected chi connectivity index (χ3v) is 4.86. The summed E-state index contributed by atoms with van der Waals surface area (Å²) in [5.74, 6) is 0.862. The van der Waals surface area contributed by atoms with E-state index in [-0.39, 0.29) is 0 Å². The van der Waals surface area contributed by atoms with Gasteiger partial charge in [0.25, 0.3) is 0 Å². The molecule has 1 aliphatic heterocycles. The summed E-state index contributed by atoms with van der Waals surface area (Å²) in [6.45, 7) is 9.52. The molecule has 1 aromatic carbocycles. The van der Waals surface area contributed by atoms with Crippen LogP contribution in [0.4, 0.5) is 0 Å². The number of benzene rings is 1. The number of unbranched alkanes of at least 4 members (excludes halogenated alkanes) is 1. The van der Waals surface area contributed by atoms with Crippen LogP contribution in [-0.2, 0) is 0 Å². The van der Waals surface area contributed by atoms with Crippen molar-refractivity contribution in [2.24, 2.45) is 5.92 Å². The van der Waals surface area contributed by atoms with Gasteiger partial charge in [-0.05, 0) is 56.9 Å². The summed E-state index contributed by atoms with van der Waals surface area (Å²) in [6.07, 6.45) is 6.56. The van der Waals surface area contributed by atoms with Gasteiger partial charge in [-0.1, -0.05) is 57.0 Å². The van der Waals surface area contributed by atoms with Gasteiger partial charge in [0.1, 0.15) is 0 Å². The van der Waals surface area contributed by atoms with Gasteiger partial charge in [0.15, 0.2) is 0 Å². The SMILES string of the molecule is CCCCC(NCC1CCN(CC)CC1)c1ccccc1. The van der Waals surface area contributed by atoms with Gasteiger partial charge in [-0.3, -0.25) is 0 Å². The molecular formula is C19H32N2. The minimum absolute atomic E-state index is 0.537. The zero-order valence-electron chi connectivity index (χ0n) is 13.9. The summed E-state index contributed by atoms with van der Waals surface area (Å²) < 4.78 is 0. The molecule has 1 aromatic rings. The van der Waals surface area contributed by atoms with E-state index in [0.29, 0.717) is 6.04 Å². The van der Waals surface area contributed by atoms with Gasteiger partial charge in [0.2, 0.25) is 0 Å². The summed E-state index contributed by atoms with van der Waals surface area (Å²) in [5, 5.41) is 3.85. The van der Waals surface area contributed by atoms with Gasteiger partial charge >= 0.3 is 0 Å². The standard InChI is InChI=1S/C19H32N2/c1-3-5-11-19(18-9-7-6-8-10-18)20-16-17-12-14-21(4-2)15-13-17/h6-10,17,19-20H,3-5,11-16H2,1-2H3. The fourth-order valence-electron chi connectivity index (χ4n) is 3.30. The van der Waals surface area contributed by atoms with Crippen molar-refractivity contribution in [3.05, 3.63) is 35.9 Å². The Kier molecular flexibility index (Phi) is 7.25. The first-order valence-electron chi connectivity index (χ1n) is 8.84. The van der Waals surface area contributed by atoms with E-state index in [0.717, 1.165) is 5.92 Å². The van der Waals surface area contributed by atoms with Crippen molar-refractivity contribution in [2.75, 3.05) is 26.2 Å². The molecule has 0 radical (unpaired) electrons. The van der Waals surface area contributed by atoms with Crippen LogP contribution in [0.3, 0.4) is 0 Å². The second kappa shape index (κ2) is 9.22. The molecule has 1 N–H and O–H groups in total. The summed E-state index contributed by atoms with van der Waals surface area (Å²) in [4.78, 5) is 2.57. The Hall–Kier alpha value is -0.860. The number of likely N-dealkylation sites (tertiary alicyclic amines) is 1. The number of nitrogens with zero attached hydrogens (tertiary/aromatic N) is 1. The van der Waals surface area contributed by atoms with Crippen molar-refractivity contribution < 1.29 is 0 Å². The van der Waals surface area contributed by atoms with Crippen LogP contribution >= 0.6 is 0 Å². The van der Waals surface area contributed by atoms with E-state index in [4.69, 9.17) is 0 Å². The zero-order chi connectivity index (χ0) is 14.9. The van der Waals surface area contributed by atoms with Gasteiger partial charge in [-0.25, -0.2) is 0 Å². The van der Waals surface area contributed by atoms with E-state index in [2.05, 4.69) is 54.4 Å². The fraction of sp³-hybridized carbons (Fsp3) is 0.684. The van der Waals surface area contributed by atoms with Crippen molar-refractivity contribution in [1.29, 1.82) is 0 Å². The first-order chi connectivity index (χ1) is 10.3. The number of hydrogen-bond donors (Lipinski definition) is 1. The molecule has 2 heteroatoms. The van der Waals surface area contributed by atoms with Crippen LogP contribution in [-0.4, -0.2) is 31.1 Å². The molecule has 1 aliphatic rings. The lowest BCUT2D eigenvalue weighted by Gasteiger charge is -2.32. The molecule has 0 bridgehead atoms. The Bertz CT molecular complexity index is 368. The van der Waals surface area contributed by atoms with Crippen molar-refractivity contribution in [2.45, 2.75) is 52.0 Å². The Morgan fingerprint density at radius 2 is 1.86 bits per heavy atom. The van der Waals surface area contributed by atoms with Crippen molar-refractivity contribution >= 4 is 0 Å². The van der Waals surface area contributed by atoms with Crippen LogP contribution in [0.25, 0.3) is 0 Å². The molecule has 1 fully saturated rings. The number of piperidine rings is 1. The molecule has 0 aromatic heterocycles. The normalized spacial score (nSPS) is 18.8. The number of rotatable bonds is 8. The molecule has 0 amide bonds. The van der Waals surface area contributed by atoms with Crippen molar-refractivity contribution in [3.8, 4) is 0 Å². The molecule has 118 valence electrons. The molecule has 2 rings (SSSR count). The molecule has 0 spiro atoms. The quantitative estimate of drug-likeness (QED) is 0.769. The molecule has 1 saturated heterocycles. The van der Waals surface area contributed by atoms with Crippen LogP contribution in [0, 0.1) is 5.92 Å². The first-order valence-corrected chi connectivity index (χ1v) is 8.84. The maximum Gasteiger partial charge on any atom is 0.0320 e. The Labute approximate surface area is 130 Å². The van der Waals surface area contributed by atoms with Crippen LogP contribution in [0.2, 0.25) is 0 Å². The molecular weight excluding hydrogens is 256 g/mol. The average molecular weight is 288 g/mol.